The average molecular weight is 393 g/mol. The van der Waals surface area contributed by atoms with Crippen molar-refractivity contribution in [2.24, 2.45) is 5.92 Å². The molecular formula is C23H28N4O2. The molecule has 0 spiro atoms. The van der Waals surface area contributed by atoms with Gasteiger partial charge in [-0.2, -0.15) is 5.10 Å². The predicted molar refractivity (Wildman–Crippen MR) is 116 cm³/mol. The molecule has 1 unspecified atom stereocenters. The molecule has 2 aromatic carbocycles. The van der Waals surface area contributed by atoms with E-state index in [2.05, 4.69) is 26.5 Å². The maximum absolute atomic E-state index is 12.6. The van der Waals surface area contributed by atoms with E-state index in [1.807, 2.05) is 43.3 Å². The van der Waals surface area contributed by atoms with E-state index < -0.39 is 0 Å². The van der Waals surface area contributed by atoms with Gasteiger partial charge in [-0.25, -0.2) is 0 Å². The van der Waals surface area contributed by atoms with Gasteiger partial charge >= 0.3 is 0 Å². The number of likely N-dealkylation sites (tertiary alicyclic amines) is 1. The lowest BCUT2D eigenvalue weighted by Crippen LogP contribution is -2.27. The number of benzene rings is 2. The van der Waals surface area contributed by atoms with Crippen molar-refractivity contribution < 1.29 is 9.53 Å². The second-order valence-corrected chi connectivity index (χ2v) is 7.76. The number of carbonyl (C=O) groups excluding carboxylic acids is 1. The van der Waals surface area contributed by atoms with Crippen LogP contribution in [0, 0.1) is 5.92 Å². The molecule has 1 atom stereocenters. The quantitative estimate of drug-likeness (QED) is 0.629. The van der Waals surface area contributed by atoms with Gasteiger partial charge in [0.25, 0.3) is 0 Å². The Balaban J connectivity index is 1.46. The Bertz CT molecular complexity index is 991. The number of hydrogen-bond acceptors (Lipinski definition) is 4. The molecule has 1 aromatic heterocycles. The first-order valence-electron chi connectivity index (χ1n) is 10.3. The number of methoxy groups -OCH3 is 1. The number of rotatable bonds is 7. The molecule has 6 nitrogen and oxygen atoms in total. The van der Waals surface area contributed by atoms with Gasteiger partial charge in [-0.1, -0.05) is 31.2 Å². The van der Waals surface area contributed by atoms with Crippen LogP contribution >= 0.6 is 0 Å². The summed E-state index contributed by atoms with van der Waals surface area (Å²) in [5.74, 6) is 1.36. The minimum absolute atomic E-state index is 0.0156. The van der Waals surface area contributed by atoms with Crippen molar-refractivity contribution in [3.8, 4) is 17.0 Å². The number of aromatic nitrogens is 2. The molecule has 3 aromatic rings. The van der Waals surface area contributed by atoms with Crippen LogP contribution in [0.4, 0.5) is 5.82 Å². The summed E-state index contributed by atoms with van der Waals surface area (Å²) < 4.78 is 5.48. The van der Waals surface area contributed by atoms with Crippen LogP contribution < -0.4 is 10.1 Å². The highest BCUT2D eigenvalue weighted by Gasteiger charge is 2.18. The third-order valence-electron chi connectivity index (χ3n) is 5.75. The highest BCUT2D eigenvalue weighted by molar-refractivity contribution is 6.00. The van der Waals surface area contributed by atoms with Crippen molar-refractivity contribution in [1.29, 1.82) is 0 Å². The first-order valence-corrected chi connectivity index (χ1v) is 10.3. The zero-order valence-electron chi connectivity index (χ0n) is 17.1. The number of fused-ring (bicyclic) bond motifs is 1. The van der Waals surface area contributed by atoms with Gasteiger partial charge in [0.15, 0.2) is 5.82 Å². The summed E-state index contributed by atoms with van der Waals surface area (Å²) in [5.41, 5.74) is 1.89. The van der Waals surface area contributed by atoms with Crippen molar-refractivity contribution in [3.63, 3.8) is 0 Å². The molecule has 1 aliphatic rings. The van der Waals surface area contributed by atoms with Crippen molar-refractivity contribution >= 4 is 22.5 Å². The van der Waals surface area contributed by atoms with Crippen molar-refractivity contribution in [2.75, 3.05) is 32.1 Å². The number of H-pyrrole nitrogens is 1. The van der Waals surface area contributed by atoms with Crippen molar-refractivity contribution in [1.82, 2.24) is 15.1 Å². The molecule has 0 radical (unpaired) electrons. The Morgan fingerprint density at radius 1 is 1.21 bits per heavy atom. The van der Waals surface area contributed by atoms with E-state index in [1.54, 1.807) is 7.11 Å². The summed E-state index contributed by atoms with van der Waals surface area (Å²) in [7, 11) is 1.68. The number of nitrogens with one attached hydrogen (secondary N) is 2. The van der Waals surface area contributed by atoms with Crippen LogP contribution in [0.25, 0.3) is 22.0 Å². The molecule has 6 heteroatoms. The predicted octanol–water partition coefficient (Wildman–Crippen LogP) is 4.30. The lowest BCUT2D eigenvalue weighted by molar-refractivity contribution is -0.119. The molecule has 1 aliphatic heterocycles. The third kappa shape index (κ3) is 4.27. The van der Waals surface area contributed by atoms with E-state index in [-0.39, 0.29) is 11.8 Å². The number of anilines is 1. The molecule has 2 N–H and O–H groups in total. The van der Waals surface area contributed by atoms with Crippen LogP contribution in [-0.2, 0) is 4.79 Å². The Labute approximate surface area is 171 Å². The third-order valence-corrected chi connectivity index (χ3v) is 5.75. The molecule has 2 heterocycles. The molecule has 0 saturated carbocycles. The van der Waals surface area contributed by atoms with Gasteiger partial charge in [0, 0.05) is 22.9 Å². The largest absolute Gasteiger partial charge is 0.496 e. The number of ether oxygens (including phenoxy) is 1. The minimum Gasteiger partial charge on any atom is -0.496 e. The van der Waals surface area contributed by atoms with Gasteiger partial charge in [-0.3, -0.25) is 9.89 Å². The van der Waals surface area contributed by atoms with E-state index in [4.69, 9.17) is 4.74 Å². The molecule has 0 aliphatic carbocycles. The first-order chi connectivity index (χ1) is 14.2. The van der Waals surface area contributed by atoms with Crippen LogP contribution in [-0.4, -0.2) is 47.7 Å². The average Bonchev–Trinajstić information content (AvgIpc) is 3.43. The second-order valence-electron chi connectivity index (χ2n) is 7.76. The first kappa shape index (κ1) is 19.5. The van der Waals surface area contributed by atoms with Gasteiger partial charge < -0.3 is 15.0 Å². The number of amides is 1. The zero-order chi connectivity index (χ0) is 20.2. The maximum Gasteiger partial charge on any atom is 0.228 e. The van der Waals surface area contributed by atoms with Crippen LogP contribution in [0.1, 0.15) is 26.2 Å². The molecule has 1 saturated heterocycles. The Morgan fingerprint density at radius 3 is 2.72 bits per heavy atom. The zero-order valence-corrected chi connectivity index (χ0v) is 17.1. The monoisotopic (exact) mass is 392 g/mol. The highest BCUT2D eigenvalue weighted by atomic mass is 16.5. The standard InChI is InChI=1S/C23H28N4O2/c1-16(11-14-27-12-5-6-13-27)23(28)24-22-15-20(25-26-22)18-9-10-21(29-2)19-8-4-3-7-17(18)19/h3-4,7-10,15-16H,5-6,11-14H2,1-2H3,(H2,24,25,26,28). The summed E-state index contributed by atoms with van der Waals surface area (Å²) in [6.07, 6.45) is 3.42. The lowest BCUT2D eigenvalue weighted by atomic mass is 10.0. The second kappa shape index (κ2) is 8.66. The van der Waals surface area contributed by atoms with Gasteiger partial charge in [-0.05, 0) is 56.4 Å². The van der Waals surface area contributed by atoms with Crippen LogP contribution in [0.15, 0.2) is 42.5 Å². The van der Waals surface area contributed by atoms with E-state index in [1.165, 1.54) is 12.8 Å². The highest BCUT2D eigenvalue weighted by Crippen LogP contribution is 2.34. The van der Waals surface area contributed by atoms with Gasteiger partial charge in [0.2, 0.25) is 5.91 Å². The summed E-state index contributed by atoms with van der Waals surface area (Å²) in [4.78, 5) is 15.0. The number of aromatic amines is 1. The van der Waals surface area contributed by atoms with E-state index in [0.29, 0.717) is 5.82 Å². The fraction of sp³-hybridized carbons (Fsp3) is 0.391. The summed E-state index contributed by atoms with van der Waals surface area (Å²) >= 11 is 0. The number of hydrogen-bond donors (Lipinski definition) is 2. The summed E-state index contributed by atoms with van der Waals surface area (Å²) in [5, 5.41) is 12.4. The van der Waals surface area contributed by atoms with Crippen LogP contribution in [0.5, 0.6) is 5.75 Å². The van der Waals surface area contributed by atoms with E-state index in [9.17, 15) is 4.79 Å². The maximum atomic E-state index is 12.6. The molecular weight excluding hydrogens is 364 g/mol. The molecule has 0 bridgehead atoms. The van der Waals surface area contributed by atoms with Crippen molar-refractivity contribution in [2.45, 2.75) is 26.2 Å². The Morgan fingerprint density at radius 2 is 1.97 bits per heavy atom. The molecule has 152 valence electrons. The fourth-order valence-electron chi connectivity index (χ4n) is 3.97. The van der Waals surface area contributed by atoms with Gasteiger partial charge in [0.1, 0.15) is 5.75 Å². The van der Waals surface area contributed by atoms with Crippen LogP contribution in [0.2, 0.25) is 0 Å². The topological polar surface area (TPSA) is 70.2 Å². The van der Waals surface area contributed by atoms with E-state index in [0.717, 1.165) is 53.8 Å². The molecule has 1 fully saturated rings. The molecule has 4 rings (SSSR count). The summed E-state index contributed by atoms with van der Waals surface area (Å²) in [6.45, 7) is 5.29. The van der Waals surface area contributed by atoms with Crippen LogP contribution in [0.3, 0.4) is 0 Å². The normalized spacial score (nSPS) is 15.5. The molecule has 29 heavy (non-hydrogen) atoms. The Kier molecular flexibility index (Phi) is 5.81. The SMILES string of the molecule is COc1ccc(-c2cc(NC(=O)C(C)CCN3CCCC3)n[nH]2)c2ccccc12. The number of carbonyl (C=O) groups is 1. The Hall–Kier alpha value is -2.86. The number of nitrogens with zero attached hydrogens (tertiary/aromatic N) is 2. The van der Waals surface area contributed by atoms with Crippen molar-refractivity contribution in [3.05, 3.63) is 42.5 Å². The smallest absolute Gasteiger partial charge is 0.228 e. The fourth-order valence-corrected chi connectivity index (χ4v) is 3.97. The van der Waals surface area contributed by atoms with Gasteiger partial charge in [-0.15, -0.1) is 0 Å². The summed E-state index contributed by atoms with van der Waals surface area (Å²) in [6, 6.07) is 14.0. The molecule has 1 amide bonds. The minimum atomic E-state index is -0.0439. The van der Waals surface area contributed by atoms with E-state index >= 15 is 0 Å². The lowest BCUT2D eigenvalue weighted by Gasteiger charge is -2.17. The van der Waals surface area contributed by atoms with Gasteiger partial charge in [0.05, 0.1) is 12.8 Å².